The molecule has 2 saturated carbocycles. The fourth-order valence-electron chi connectivity index (χ4n) is 5.15. The first-order chi connectivity index (χ1) is 10.1. The quantitative estimate of drug-likeness (QED) is 0.747. The summed E-state index contributed by atoms with van der Waals surface area (Å²) < 4.78 is 0. The first-order valence-corrected chi connectivity index (χ1v) is 8.71. The summed E-state index contributed by atoms with van der Waals surface area (Å²) in [5.41, 5.74) is -0.289. The molecule has 4 atom stereocenters. The van der Waals surface area contributed by atoms with Crippen molar-refractivity contribution < 1.29 is 15.0 Å². The largest absolute Gasteiger partial charge is 0.395 e. The highest BCUT2D eigenvalue weighted by Crippen LogP contribution is 2.61. The van der Waals surface area contributed by atoms with Crippen molar-refractivity contribution in [3.8, 4) is 0 Å². The van der Waals surface area contributed by atoms with Crippen LogP contribution >= 0.6 is 0 Å². The smallest absolute Gasteiger partial charge is 0.220 e. The van der Waals surface area contributed by atoms with Crippen molar-refractivity contribution in [2.45, 2.75) is 71.8 Å². The maximum absolute atomic E-state index is 12.0. The molecule has 0 aliphatic heterocycles. The minimum absolute atomic E-state index is 0.00124. The highest BCUT2D eigenvalue weighted by Gasteiger charge is 2.55. The minimum atomic E-state index is -0.782. The van der Waals surface area contributed by atoms with Gasteiger partial charge in [-0.1, -0.05) is 27.2 Å². The van der Waals surface area contributed by atoms with E-state index >= 15 is 0 Å². The molecule has 0 saturated heterocycles. The summed E-state index contributed by atoms with van der Waals surface area (Å²) in [5, 5.41) is 22.5. The van der Waals surface area contributed by atoms with Gasteiger partial charge in [0.05, 0.1) is 12.2 Å². The second-order valence-corrected chi connectivity index (χ2v) is 8.79. The molecule has 0 aromatic heterocycles. The van der Waals surface area contributed by atoms with Crippen molar-refractivity contribution in [1.29, 1.82) is 0 Å². The Kier molecular flexibility index (Phi) is 4.94. The molecule has 0 aromatic carbocycles. The van der Waals surface area contributed by atoms with Gasteiger partial charge in [0.25, 0.3) is 0 Å². The normalized spacial score (nSPS) is 40.8. The van der Waals surface area contributed by atoms with Gasteiger partial charge in [0.15, 0.2) is 0 Å². The number of nitrogens with one attached hydrogen (secondary N) is 1. The lowest BCUT2D eigenvalue weighted by Gasteiger charge is -2.59. The van der Waals surface area contributed by atoms with Crippen LogP contribution in [0.25, 0.3) is 0 Å². The Balaban J connectivity index is 2.13. The molecule has 4 nitrogen and oxygen atoms in total. The number of fused-ring (bicyclic) bond motifs is 1. The molecule has 1 amide bonds. The number of hydrogen-bond donors (Lipinski definition) is 3. The number of aliphatic hydroxyl groups excluding tert-OH is 1. The molecule has 0 spiro atoms. The summed E-state index contributed by atoms with van der Waals surface area (Å²) in [6.07, 6.45) is 5.73. The Labute approximate surface area is 134 Å². The zero-order chi connectivity index (χ0) is 16.6. The Morgan fingerprint density at radius 1 is 1.18 bits per heavy atom. The molecule has 0 aromatic rings. The van der Waals surface area contributed by atoms with Gasteiger partial charge in [-0.15, -0.1) is 0 Å². The van der Waals surface area contributed by atoms with E-state index in [1.165, 1.54) is 19.3 Å². The third-order valence-corrected chi connectivity index (χ3v) is 6.43. The molecule has 128 valence electrons. The summed E-state index contributed by atoms with van der Waals surface area (Å²) in [6.45, 7) is 9.17. The molecule has 2 fully saturated rings. The van der Waals surface area contributed by atoms with Crippen molar-refractivity contribution in [2.75, 3.05) is 13.2 Å². The van der Waals surface area contributed by atoms with E-state index in [-0.39, 0.29) is 29.3 Å². The standard InChI is InChI=1S/C18H33NO3/c1-16(2)6-5-7-17(3)11-13(10-15(21)19-8-9-20)18(4,22)12-14(16)17/h13-14,20,22H,5-12H2,1-4H3,(H,19,21)/t13-,14+,17-,18+/m1/s1. The summed E-state index contributed by atoms with van der Waals surface area (Å²) >= 11 is 0. The Morgan fingerprint density at radius 3 is 2.50 bits per heavy atom. The number of rotatable bonds is 4. The number of carbonyl (C=O) groups excluding carboxylic acids is 1. The Bertz CT molecular complexity index is 419. The summed E-state index contributed by atoms with van der Waals surface area (Å²) in [4.78, 5) is 12.0. The van der Waals surface area contributed by atoms with Gasteiger partial charge in [0.1, 0.15) is 0 Å². The molecule has 2 rings (SSSR count). The van der Waals surface area contributed by atoms with Gasteiger partial charge in [0, 0.05) is 13.0 Å². The summed E-state index contributed by atoms with van der Waals surface area (Å²) in [5.74, 6) is 0.457. The fraction of sp³-hybridized carbons (Fsp3) is 0.944. The summed E-state index contributed by atoms with van der Waals surface area (Å²) in [7, 11) is 0. The summed E-state index contributed by atoms with van der Waals surface area (Å²) in [6, 6.07) is 0. The highest BCUT2D eigenvalue weighted by molar-refractivity contribution is 5.76. The van der Waals surface area contributed by atoms with E-state index in [2.05, 4.69) is 26.1 Å². The molecular formula is C18H33NO3. The molecule has 0 radical (unpaired) electrons. The minimum Gasteiger partial charge on any atom is -0.395 e. The maximum atomic E-state index is 12.0. The van der Waals surface area contributed by atoms with Gasteiger partial charge >= 0.3 is 0 Å². The molecule has 0 heterocycles. The van der Waals surface area contributed by atoms with Crippen molar-refractivity contribution in [2.24, 2.45) is 22.7 Å². The highest BCUT2D eigenvalue weighted by atomic mass is 16.3. The van der Waals surface area contributed by atoms with E-state index in [4.69, 9.17) is 5.11 Å². The van der Waals surface area contributed by atoms with Crippen LogP contribution in [0.2, 0.25) is 0 Å². The van der Waals surface area contributed by atoms with Gasteiger partial charge < -0.3 is 15.5 Å². The van der Waals surface area contributed by atoms with Crippen molar-refractivity contribution in [1.82, 2.24) is 5.32 Å². The zero-order valence-electron chi connectivity index (χ0n) is 14.6. The predicted octanol–water partition coefficient (Wildman–Crippen LogP) is 2.48. The number of amides is 1. The third kappa shape index (κ3) is 3.48. The van der Waals surface area contributed by atoms with E-state index in [9.17, 15) is 9.90 Å². The van der Waals surface area contributed by atoms with Gasteiger partial charge in [-0.2, -0.15) is 0 Å². The zero-order valence-corrected chi connectivity index (χ0v) is 14.6. The molecule has 3 N–H and O–H groups in total. The average Bonchev–Trinajstić information content (AvgIpc) is 2.39. The predicted molar refractivity (Wildman–Crippen MR) is 87.3 cm³/mol. The number of carbonyl (C=O) groups is 1. The lowest BCUT2D eigenvalue weighted by Crippen LogP contribution is -2.55. The van der Waals surface area contributed by atoms with Crippen LogP contribution < -0.4 is 5.32 Å². The molecule has 2 aliphatic rings. The first kappa shape index (κ1) is 17.7. The first-order valence-electron chi connectivity index (χ1n) is 8.71. The number of aliphatic hydroxyl groups is 2. The average molecular weight is 311 g/mol. The number of hydrogen-bond acceptors (Lipinski definition) is 3. The van der Waals surface area contributed by atoms with Gasteiger partial charge in [-0.25, -0.2) is 0 Å². The molecule has 2 aliphatic carbocycles. The van der Waals surface area contributed by atoms with Crippen LogP contribution in [0.3, 0.4) is 0 Å². The SMILES string of the molecule is CC1(C)CCC[C@]2(C)C[C@@H](CC(=O)NCCO)[C@@](C)(O)C[C@@H]12. The second kappa shape index (κ2) is 6.12. The van der Waals surface area contributed by atoms with E-state index in [0.29, 0.717) is 18.9 Å². The molecule has 4 heteroatoms. The Morgan fingerprint density at radius 2 is 1.86 bits per heavy atom. The van der Waals surface area contributed by atoms with Crippen molar-refractivity contribution in [3.63, 3.8) is 0 Å². The maximum Gasteiger partial charge on any atom is 0.220 e. The molecule has 0 bridgehead atoms. The third-order valence-electron chi connectivity index (χ3n) is 6.43. The van der Waals surface area contributed by atoms with Crippen LogP contribution in [0.4, 0.5) is 0 Å². The van der Waals surface area contributed by atoms with Crippen LogP contribution in [0.1, 0.15) is 66.2 Å². The van der Waals surface area contributed by atoms with Gasteiger partial charge in [0.2, 0.25) is 5.91 Å². The van der Waals surface area contributed by atoms with E-state index in [0.717, 1.165) is 12.8 Å². The molecular weight excluding hydrogens is 278 g/mol. The van der Waals surface area contributed by atoms with Crippen LogP contribution in [-0.2, 0) is 4.79 Å². The molecule has 0 unspecified atom stereocenters. The molecule has 22 heavy (non-hydrogen) atoms. The fourth-order valence-corrected chi connectivity index (χ4v) is 5.15. The Hall–Kier alpha value is -0.610. The van der Waals surface area contributed by atoms with Crippen LogP contribution in [0.5, 0.6) is 0 Å². The van der Waals surface area contributed by atoms with Crippen LogP contribution in [0, 0.1) is 22.7 Å². The topological polar surface area (TPSA) is 69.6 Å². The van der Waals surface area contributed by atoms with Crippen LogP contribution in [-0.4, -0.2) is 34.9 Å². The van der Waals surface area contributed by atoms with Gasteiger partial charge in [-0.3, -0.25) is 4.79 Å². The lowest BCUT2D eigenvalue weighted by molar-refractivity contribution is -0.154. The lowest BCUT2D eigenvalue weighted by atomic mass is 9.47. The van der Waals surface area contributed by atoms with Gasteiger partial charge in [-0.05, 0) is 55.3 Å². The van der Waals surface area contributed by atoms with E-state index in [1.54, 1.807) is 0 Å². The van der Waals surface area contributed by atoms with E-state index < -0.39 is 5.60 Å². The second-order valence-electron chi connectivity index (χ2n) is 8.79. The van der Waals surface area contributed by atoms with Crippen LogP contribution in [0.15, 0.2) is 0 Å². The van der Waals surface area contributed by atoms with E-state index in [1.807, 2.05) is 6.92 Å². The van der Waals surface area contributed by atoms with Crippen molar-refractivity contribution >= 4 is 5.91 Å². The monoisotopic (exact) mass is 311 g/mol. The van der Waals surface area contributed by atoms with Crippen molar-refractivity contribution in [3.05, 3.63) is 0 Å².